The van der Waals surface area contributed by atoms with Crippen LogP contribution in [-0.2, 0) is 10.1 Å². The van der Waals surface area contributed by atoms with Gasteiger partial charge in [-0.2, -0.15) is 8.42 Å². The van der Waals surface area contributed by atoms with Crippen LogP contribution in [0.2, 0.25) is 0 Å². The van der Waals surface area contributed by atoms with Gasteiger partial charge < -0.3 is 10.0 Å². The van der Waals surface area contributed by atoms with Gasteiger partial charge in [-0.3, -0.25) is 4.55 Å². The standard InChI is InChI=1S/C12H19NO4S/c1-3-13(8-12(14)9-18(15,16)17)11-6-4-5-10(2)7-11/h4-7,12,14H,3,8-9H2,1-2H3,(H,15,16,17)/t12-/m1/s1. The average molecular weight is 273 g/mol. The zero-order valence-corrected chi connectivity index (χ0v) is 11.4. The zero-order valence-electron chi connectivity index (χ0n) is 10.6. The highest BCUT2D eigenvalue weighted by molar-refractivity contribution is 7.85. The molecule has 18 heavy (non-hydrogen) atoms. The lowest BCUT2D eigenvalue weighted by Gasteiger charge is -2.25. The molecule has 0 aromatic heterocycles. The summed E-state index contributed by atoms with van der Waals surface area (Å²) in [5.74, 6) is -0.644. The smallest absolute Gasteiger partial charge is 0.267 e. The van der Waals surface area contributed by atoms with E-state index in [1.54, 1.807) is 0 Å². The Bertz CT molecular complexity index is 487. The van der Waals surface area contributed by atoms with Crippen molar-refractivity contribution in [2.45, 2.75) is 20.0 Å². The lowest BCUT2D eigenvalue weighted by Crippen LogP contribution is -2.36. The molecule has 1 aromatic carbocycles. The molecule has 0 fully saturated rings. The highest BCUT2D eigenvalue weighted by atomic mass is 32.2. The van der Waals surface area contributed by atoms with Crippen LogP contribution in [-0.4, -0.2) is 43.0 Å². The van der Waals surface area contributed by atoms with Gasteiger partial charge >= 0.3 is 0 Å². The molecular formula is C12H19NO4S. The van der Waals surface area contributed by atoms with Gasteiger partial charge in [0.2, 0.25) is 0 Å². The maximum Gasteiger partial charge on any atom is 0.267 e. The number of hydrogen-bond donors (Lipinski definition) is 2. The zero-order chi connectivity index (χ0) is 13.8. The van der Waals surface area contributed by atoms with Crippen LogP contribution in [0.3, 0.4) is 0 Å². The number of hydrogen-bond acceptors (Lipinski definition) is 4. The number of anilines is 1. The SMILES string of the molecule is CCN(C[C@@H](O)CS(=O)(=O)O)c1cccc(C)c1. The van der Waals surface area contributed by atoms with Gasteiger partial charge in [-0.25, -0.2) is 0 Å². The maximum atomic E-state index is 10.7. The van der Waals surface area contributed by atoms with Gasteiger partial charge in [0.1, 0.15) is 5.75 Å². The largest absolute Gasteiger partial charge is 0.390 e. The van der Waals surface area contributed by atoms with Crippen molar-refractivity contribution in [2.75, 3.05) is 23.7 Å². The summed E-state index contributed by atoms with van der Waals surface area (Å²) in [5, 5.41) is 9.64. The highest BCUT2D eigenvalue weighted by Gasteiger charge is 2.17. The Hall–Kier alpha value is -1.11. The number of aryl methyl sites for hydroxylation is 1. The average Bonchev–Trinajstić information content (AvgIpc) is 2.23. The molecule has 0 unspecified atom stereocenters. The van der Waals surface area contributed by atoms with Crippen LogP contribution >= 0.6 is 0 Å². The third-order valence-corrected chi connectivity index (χ3v) is 3.39. The summed E-state index contributed by atoms with van der Waals surface area (Å²) >= 11 is 0. The van der Waals surface area contributed by atoms with Gasteiger partial charge in [-0.05, 0) is 31.5 Å². The lowest BCUT2D eigenvalue weighted by molar-refractivity contribution is 0.200. The first-order valence-electron chi connectivity index (χ1n) is 5.76. The van der Waals surface area contributed by atoms with E-state index in [0.717, 1.165) is 11.3 Å². The molecule has 0 aliphatic heterocycles. The van der Waals surface area contributed by atoms with E-state index in [4.69, 9.17) is 4.55 Å². The Morgan fingerprint density at radius 3 is 2.56 bits per heavy atom. The van der Waals surface area contributed by atoms with Gasteiger partial charge in [0, 0.05) is 18.8 Å². The molecule has 0 saturated heterocycles. The molecule has 0 aliphatic rings. The molecule has 1 rings (SSSR count). The van der Waals surface area contributed by atoms with E-state index in [0.29, 0.717) is 6.54 Å². The summed E-state index contributed by atoms with van der Waals surface area (Å²) in [5.41, 5.74) is 2.02. The van der Waals surface area contributed by atoms with Crippen LogP contribution < -0.4 is 4.90 Å². The van der Waals surface area contributed by atoms with Crippen molar-refractivity contribution in [1.29, 1.82) is 0 Å². The van der Waals surface area contributed by atoms with Crippen molar-refractivity contribution in [2.24, 2.45) is 0 Å². The Morgan fingerprint density at radius 2 is 2.06 bits per heavy atom. The van der Waals surface area contributed by atoms with E-state index in [2.05, 4.69) is 0 Å². The van der Waals surface area contributed by atoms with E-state index in [1.165, 1.54) is 0 Å². The van der Waals surface area contributed by atoms with Crippen molar-refractivity contribution in [3.63, 3.8) is 0 Å². The molecule has 102 valence electrons. The first-order valence-corrected chi connectivity index (χ1v) is 7.37. The normalized spacial score (nSPS) is 13.3. The summed E-state index contributed by atoms with van der Waals surface area (Å²) < 4.78 is 30.0. The molecule has 0 amide bonds. The van der Waals surface area contributed by atoms with Gasteiger partial charge in [-0.15, -0.1) is 0 Å². The first-order chi connectivity index (χ1) is 8.31. The number of likely N-dealkylation sites (N-methyl/N-ethyl adjacent to an activating group) is 1. The van der Waals surface area contributed by atoms with E-state index < -0.39 is 22.0 Å². The number of nitrogens with zero attached hydrogens (tertiary/aromatic N) is 1. The fourth-order valence-corrected chi connectivity index (χ4v) is 2.38. The minimum absolute atomic E-state index is 0.166. The summed E-state index contributed by atoms with van der Waals surface area (Å²) in [6.07, 6.45) is -1.11. The number of aliphatic hydroxyl groups excluding tert-OH is 1. The van der Waals surface area contributed by atoms with Crippen LogP contribution in [0.15, 0.2) is 24.3 Å². The summed E-state index contributed by atoms with van der Waals surface area (Å²) in [7, 11) is -4.14. The molecule has 0 spiro atoms. The van der Waals surface area contributed by atoms with Gasteiger partial charge in [-0.1, -0.05) is 12.1 Å². The molecule has 0 heterocycles. The number of benzene rings is 1. The Balaban J connectivity index is 2.73. The summed E-state index contributed by atoms with van der Waals surface area (Å²) in [6, 6.07) is 7.73. The van der Waals surface area contributed by atoms with E-state index in [9.17, 15) is 13.5 Å². The molecule has 0 aliphatic carbocycles. The number of rotatable bonds is 6. The Kier molecular flexibility index (Phi) is 5.13. The second kappa shape index (κ2) is 6.17. The molecule has 0 saturated carbocycles. The molecule has 6 heteroatoms. The van der Waals surface area contributed by atoms with Crippen LogP contribution in [0, 0.1) is 6.92 Å². The van der Waals surface area contributed by atoms with Crippen LogP contribution in [0.1, 0.15) is 12.5 Å². The van der Waals surface area contributed by atoms with Gasteiger partial charge in [0.25, 0.3) is 10.1 Å². The second-order valence-corrected chi connectivity index (χ2v) is 5.78. The summed E-state index contributed by atoms with van der Waals surface area (Å²) in [6.45, 7) is 4.69. The van der Waals surface area contributed by atoms with Gasteiger partial charge in [0.05, 0.1) is 6.10 Å². The van der Waals surface area contributed by atoms with Crippen LogP contribution in [0.4, 0.5) is 5.69 Å². The minimum atomic E-state index is -4.14. The van der Waals surface area contributed by atoms with Crippen molar-refractivity contribution < 1.29 is 18.1 Å². The third-order valence-electron chi connectivity index (χ3n) is 2.58. The quantitative estimate of drug-likeness (QED) is 0.758. The molecule has 1 atom stereocenters. The molecule has 1 aromatic rings. The van der Waals surface area contributed by atoms with Crippen LogP contribution in [0.5, 0.6) is 0 Å². The second-order valence-electron chi connectivity index (χ2n) is 4.28. The molecule has 2 N–H and O–H groups in total. The third kappa shape index (κ3) is 5.03. The highest BCUT2D eigenvalue weighted by Crippen LogP contribution is 2.16. The van der Waals surface area contributed by atoms with E-state index in [-0.39, 0.29) is 6.54 Å². The van der Waals surface area contributed by atoms with Crippen LogP contribution in [0.25, 0.3) is 0 Å². The van der Waals surface area contributed by atoms with Crippen molar-refractivity contribution in [3.05, 3.63) is 29.8 Å². The van der Waals surface area contributed by atoms with E-state index in [1.807, 2.05) is 43.0 Å². The number of aliphatic hydroxyl groups is 1. The Labute approximate surface area is 108 Å². The predicted molar refractivity (Wildman–Crippen MR) is 71.5 cm³/mol. The first kappa shape index (κ1) is 14.9. The lowest BCUT2D eigenvalue weighted by atomic mass is 10.2. The maximum absolute atomic E-state index is 10.7. The Morgan fingerprint density at radius 1 is 1.39 bits per heavy atom. The summed E-state index contributed by atoms with van der Waals surface area (Å²) in [4.78, 5) is 1.86. The van der Waals surface area contributed by atoms with Gasteiger partial charge in [0.15, 0.2) is 0 Å². The molecular weight excluding hydrogens is 254 g/mol. The molecule has 0 bridgehead atoms. The topological polar surface area (TPSA) is 77.8 Å². The molecule has 5 nitrogen and oxygen atoms in total. The van der Waals surface area contributed by atoms with E-state index >= 15 is 0 Å². The van der Waals surface area contributed by atoms with Crippen molar-refractivity contribution in [1.82, 2.24) is 0 Å². The van der Waals surface area contributed by atoms with Crippen molar-refractivity contribution >= 4 is 15.8 Å². The minimum Gasteiger partial charge on any atom is -0.390 e. The van der Waals surface area contributed by atoms with Crippen molar-refractivity contribution in [3.8, 4) is 0 Å². The monoisotopic (exact) mass is 273 g/mol. The fraction of sp³-hybridized carbons (Fsp3) is 0.500. The predicted octanol–water partition coefficient (Wildman–Crippen LogP) is 1.07. The molecule has 0 radical (unpaired) electrons. The fourth-order valence-electron chi connectivity index (χ4n) is 1.79.